The summed E-state index contributed by atoms with van der Waals surface area (Å²) in [5, 5.41) is 11.2. The van der Waals surface area contributed by atoms with Crippen LogP contribution in [-0.4, -0.2) is 29.3 Å². The number of benzene rings is 2. The quantitative estimate of drug-likeness (QED) is 0.640. The summed E-state index contributed by atoms with van der Waals surface area (Å²) in [4.78, 5) is 14.5. The maximum absolute atomic E-state index is 12.4. The molecule has 3 aromatic rings. The molecule has 0 atom stereocenters. The number of ether oxygens (including phenoxy) is 1. The molecular weight excluding hydrogens is 352 g/mol. The van der Waals surface area contributed by atoms with E-state index < -0.39 is 0 Å². The normalized spacial score (nSPS) is 10.4. The van der Waals surface area contributed by atoms with Crippen molar-refractivity contribution >= 4 is 17.4 Å². The van der Waals surface area contributed by atoms with Crippen molar-refractivity contribution in [1.82, 2.24) is 10.2 Å². The van der Waals surface area contributed by atoms with Crippen LogP contribution in [0.2, 0.25) is 0 Å². The van der Waals surface area contributed by atoms with Gasteiger partial charge in [0, 0.05) is 18.8 Å². The molecule has 1 heterocycles. The summed E-state index contributed by atoms with van der Waals surface area (Å²) >= 11 is 0. The highest BCUT2D eigenvalue weighted by Gasteiger charge is 2.12. The summed E-state index contributed by atoms with van der Waals surface area (Å²) in [5.41, 5.74) is 2.15. The van der Waals surface area contributed by atoms with Gasteiger partial charge in [-0.15, -0.1) is 10.2 Å². The SMILES string of the molecule is CCOc1ccc(NC(=O)c2ccc(N(CC)Cc3ccccc3)nn2)cc1. The summed E-state index contributed by atoms with van der Waals surface area (Å²) < 4.78 is 5.40. The van der Waals surface area contributed by atoms with Gasteiger partial charge in [-0.3, -0.25) is 4.79 Å². The first-order valence-electron chi connectivity index (χ1n) is 9.36. The van der Waals surface area contributed by atoms with Gasteiger partial charge in [-0.25, -0.2) is 0 Å². The Morgan fingerprint density at radius 3 is 2.32 bits per heavy atom. The molecule has 0 saturated carbocycles. The summed E-state index contributed by atoms with van der Waals surface area (Å²) in [5.74, 6) is 1.21. The molecule has 0 aliphatic heterocycles. The van der Waals surface area contributed by atoms with Crippen molar-refractivity contribution in [2.24, 2.45) is 0 Å². The van der Waals surface area contributed by atoms with Crippen LogP contribution in [0.25, 0.3) is 0 Å². The van der Waals surface area contributed by atoms with Gasteiger partial charge in [-0.2, -0.15) is 0 Å². The van der Waals surface area contributed by atoms with Gasteiger partial charge in [0.2, 0.25) is 0 Å². The minimum atomic E-state index is -0.297. The number of nitrogens with zero attached hydrogens (tertiary/aromatic N) is 3. The zero-order valence-electron chi connectivity index (χ0n) is 16.1. The molecule has 0 spiro atoms. The Kier molecular flexibility index (Phi) is 6.57. The summed E-state index contributed by atoms with van der Waals surface area (Å²) in [6.45, 7) is 6.13. The first-order valence-corrected chi connectivity index (χ1v) is 9.36. The number of hydrogen-bond donors (Lipinski definition) is 1. The van der Waals surface area contributed by atoms with E-state index >= 15 is 0 Å². The standard InChI is InChI=1S/C22H24N4O2/c1-3-26(16-17-8-6-5-7-9-17)21-15-14-20(24-25-21)22(27)23-18-10-12-19(13-11-18)28-4-2/h5-15H,3-4,16H2,1-2H3,(H,23,27). The van der Waals surface area contributed by atoms with Gasteiger partial charge in [0.15, 0.2) is 11.5 Å². The van der Waals surface area contributed by atoms with E-state index in [9.17, 15) is 4.79 Å². The third-order valence-corrected chi connectivity index (χ3v) is 4.23. The number of amides is 1. The second kappa shape index (κ2) is 9.50. The third-order valence-electron chi connectivity index (χ3n) is 4.23. The van der Waals surface area contributed by atoms with Crippen molar-refractivity contribution in [2.75, 3.05) is 23.4 Å². The fraction of sp³-hybridized carbons (Fsp3) is 0.227. The summed E-state index contributed by atoms with van der Waals surface area (Å²) in [6, 6.07) is 20.9. The molecule has 144 valence electrons. The van der Waals surface area contributed by atoms with E-state index in [2.05, 4.69) is 39.5 Å². The van der Waals surface area contributed by atoms with Gasteiger partial charge in [-0.1, -0.05) is 30.3 Å². The smallest absolute Gasteiger partial charge is 0.276 e. The molecule has 0 radical (unpaired) electrons. The zero-order valence-corrected chi connectivity index (χ0v) is 16.1. The average molecular weight is 376 g/mol. The van der Waals surface area contributed by atoms with Crippen molar-refractivity contribution in [1.29, 1.82) is 0 Å². The van der Waals surface area contributed by atoms with Gasteiger partial charge in [0.1, 0.15) is 5.75 Å². The first-order chi connectivity index (χ1) is 13.7. The molecule has 1 aromatic heterocycles. The molecule has 2 aromatic carbocycles. The van der Waals surface area contributed by atoms with Gasteiger partial charge in [0.25, 0.3) is 5.91 Å². The molecule has 1 N–H and O–H groups in total. The molecule has 28 heavy (non-hydrogen) atoms. The van der Waals surface area contributed by atoms with E-state index in [1.807, 2.05) is 43.3 Å². The van der Waals surface area contributed by atoms with Crippen LogP contribution in [-0.2, 0) is 6.54 Å². The lowest BCUT2D eigenvalue weighted by molar-refractivity contribution is 0.102. The van der Waals surface area contributed by atoms with Crippen LogP contribution in [0.4, 0.5) is 11.5 Å². The van der Waals surface area contributed by atoms with Crippen LogP contribution in [0.15, 0.2) is 66.7 Å². The molecule has 0 aliphatic rings. The second-order valence-corrected chi connectivity index (χ2v) is 6.19. The second-order valence-electron chi connectivity index (χ2n) is 6.19. The fourth-order valence-corrected chi connectivity index (χ4v) is 2.77. The Morgan fingerprint density at radius 2 is 1.71 bits per heavy atom. The molecule has 6 heteroatoms. The minimum absolute atomic E-state index is 0.272. The lowest BCUT2D eigenvalue weighted by Crippen LogP contribution is -2.24. The number of hydrogen-bond acceptors (Lipinski definition) is 5. The number of aromatic nitrogens is 2. The molecule has 0 bridgehead atoms. The molecule has 0 aliphatic carbocycles. The molecule has 0 saturated heterocycles. The lowest BCUT2D eigenvalue weighted by Gasteiger charge is -2.21. The zero-order chi connectivity index (χ0) is 19.8. The van der Waals surface area contributed by atoms with Crippen LogP contribution >= 0.6 is 0 Å². The van der Waals surface area contributed by atoms with Crippen molar-refractivity contribution in [2.45, 2.75) is 20.4 Å². The Balaban J connectivity index is 1.64. The Hall–Kier alpha value is -3.41. The molecule has 1 amide bonds. The highest BCUT2D eigenvalue weighted by Crippen LogP contribution is 2.17. The van der Waals surface area contributed by atoms with E-state index in [0.29, 0.717) is 12.3 Å². The van der Waals surface area contributed by atoms with Crippen LogP contribution in [0.5, 0.6) is 5.75 Å². The van der Waals surface area contributed by atoms with Gasteiger partial charge in [-0.05, 0) is 55.8 Å². The third kappa shape index (κ3) is 5.07. The molecule has 0 fully saturated rings. The van der Waals surface area contributed by atoms with Crippen LogP contribution in [0.3, 0.4) is 0 Å². The maximum atomic E-state index is 12.4. The number of anilines is 2. The topological polar surface area (TPSA) is 67.3 Å². The Morgan fingerprint density at radius 1 is 0.964 bits per heavy atom. The predicted molar refractivity (Wildman–Crippen MR) is 111 cm³/mol. The summed E-state index contributed by atoms with van der Waals surface area (Å²) in [6.07, 6.45) is 0. The highest BCUT2D eigenvalue weighted by atomic mass is 16.5. The summed E-state index contributed by atoms with van der Waals surface area (Å²) in [7, 11) is 0. The first kappa shape index (κ1) is 19.4. The van der Waals surface area contributed by atoms with E-state index in [0.717, 1.165) is 24.7 Å². The van der Waals surface area contributed by atoms with E-state index in [1.54, 1.807) is 18.2 Å². The molecule has 6 nitrogen and oxygen atoms in total. The van der Waals surface area contributed by atoms with E-state index in [4.69, 9.17) is 4.74 Å². The molecule has 3 rings (SSSR count). The van der Waals surface area contributed by atoms with Crippen molar-refractivity contribution in [3.05, 3.63) is 78.0 Å². The van der Waals surface area contributed by atoms with Gasteiger partial charge in [0.05, 0.1) is 6.61 Å². The Labute approximate surface area is 165 Å². The van der Waals surface area contributed by atoms with Crippen molar-refractivity contribution in [3.8, 4) is 5.75 Å². The van der Waals surface area contributed by atoms with Crippen molar-refractivity contribution < 1.29 is 9.53 Å². The van der Waals surface area contributed by atoms with E-state index in [1.165, 1.54) is 5.56 Å². The highest BCUT2D eigenvalue weighted by molar-refractivity contribution is 6.02. The predicted octanol–water partition coefficient (Wildman–Crippen LogP) is 4.15. The van der Waals surface area contributed by atoms with Crippen LogP contribution in [0.1, 0.15) is 29.9 Å². The van der Waals surface area contributed by atoms with E-state index in [-0.39, 0.29) is 11.6 Å². The number of carbonyl (C=O) groups excluding carboxylic acids is 1. The number of carbonyl (C=O) groups is 1. The average Bonchev–Trinajstić information content (AvgIpc) is 2.74. The maximum Gasteiger partial charge on any atom is 0.276 e. The monoisotopic (exact) mass is 376 g/mol. The fourth-order valence-electron chi connectivity index (χ4n) is 2.77. The van der Waals surface area contributed by atoms with Crippen LogP contribution in [0, 0.1) is 0 Å². The minimum Gasteiger partial charge on any atom is -0.494 e. The lowest BCUT2D eigenvalue weighted by atomic mass is 10.2. The Bertz CT molecular complexity index is 881. The van der Waals surface area contributed by atoms with Crippen LogP contribution < -0.4 is 15.0 Å². The largest absolute Gasteiger partial charge is 0.494 e. The molecule has 0 unspecified atom stereocenters. The molecular formula is C22H24N4O2. The van der Waals surface area contributed by atoms with Gasteiger partial charge >= 0.3 is 0 Å². The van der Waals surface area contributed by atoms with Gasteiger partial charge < -0.3 is 15.0 Å². The van der Waals surface area contributed by atoms with Crippen molar-refractivity contribution in [3.63, 3.8) is 0 Å². The number of nitrogens with one attached hydrogen (secondary N) is 1. The number of rotatable bonds is 8.